The predicted molar refractivity (Wildman–Crippen MR) is 54.4 cm³/mol. The standard InChI is InChI=1S/C11H15NO3/c1-3-8-9-5-4-7(6-10(8)13)12(9)11(14)15-2/h4-5,7-9H,3,6H2,1-2H3. The van der Waals surface area contributed by atoms with Gasteiger partial charge in [0.2, 0.25) is 0 Å². The van der Waals surface area contributed by atoms with Crippen molar-refractivity contribution in [2.24, 2.45) is 5.92 Å². The van der Waals surface area contributed by atoms with Gasteiger partial charge in [0, 0.05) is 12.3 Å². The molecule has 2 heterocycles. The third-order valence-electron chi connectivity index (χ3n) is 3.27. The summed E-state index contributed by atoms with van der Waals surface area (Å²) in [5.74, 6) is 0.205. The average Bonchev–Trinajstić information content (AvgIpc) is 2.55. The van der Waals surface area contributed by atoms with Crippen LogP contribution in [-0.4, -0.2) is 36.0 Å². The lowest BCUT2D eigenvalue weighted by Crippen LogP contribution is -2.52. The minimum Gasteiger partial charge on any atom is -0.453 e. The number of methoxy groups -OCH3 is 1. The number of hydrogen-bond acceptors (Lipinski definition) is 3. The molecule has 15 heavy (non-hydrogen) atoms. The monoisotopic (exact) mass is 209 g/mol. The Morgan fingerprint density at radius 3 is 2.93 bits per heavy atom. The summed E-state index contributed by atoms with van der Waals surface area (Å²) < 4.78 is 4.73. The number of rotatable bonds is 1. The maximum Gasteiger partial charge on any atom is 0.410 e. The summed E-state index contributed by atoms with van der Waals surface area (Å²) in [5, 5.41) is 0. The van der Waals surface area contributed by atoms with Crippen molar-refractivity contribution in [3.63, 3.8) is 0 Å². The van der Waals surface area contributed by atoms with Crippen molar-refractivity contribution in [2.45, 2.75) is 31.8 Å². The largest absolute Gasteiger partial charge is 0.453 e. The molecule has 1 amide bonds. The summed E-state index contributed by atoms with van der Waals surface area (Å²) in [7, 11) is 1.37. The molecule has 4 nitrogen and oxygen atoms in total. The van der Waals surface area contributed by atoms with E-state index < -0.39 is 0 Å². The van der Waals surface area contributed by atoms with Crippen LogP contribution in [0.2, 0.25) is 0 Å². The van der Waals surface area contributed by atoms with Crippen molar-refractivity contribution in [3.05, 3.63) is 12.2 Å². The Morgan fingerprint density at radius 1 is 1.60 bits per heavy atom. The van der Waals surface area contributed by atoms with Crippen LogP contribution in [0.25, 0.3) is 0 Å². The molecule has 2 bridgehead atoms. The fourth-order valence-corrected chi connectivity index (χ4v) is 2.52. The Hall–Kier alpha value is -1.32. The van der Waals surface area contributed by atoms with Crippen molar-refractivity contribution in [1.82, 2.24) is 4.90 Å². The van der Waals surface area contributed by atoms with Crippen molar-refractivity contribution in [1.29, 1.82) is 0 Å². The number of piperidine rings is 1. The fourth-order valence-electron chi connectivity index (χ4n) is 2.52. The first-order chi connectivity index (χ1) is 7.19. The summed E-state index contributed by atoms with van der Waals surface area (Å²) in [6.45, 7) is 1.98. The lowest BCUT2D eigenvalue weighted by molar-refractivity contribution is -0.128. The Kier molecular flexibility index (Phi) is 2.50. The number of carbonyl (C=O) groups is 2. The predicted octanol–water partition coefficient (Wildman–Crippen LogP) is 1.36. The number of Topliss-reactive ketones (excluding diaryl/α,β-unsaturated/α-hetero) is 1. The first-order valence-corrected chi connectivity index (χ1v) is 5.26. The third-order valence-corrected chi connectivity index (χ3v) is 3.27. The molecule has 0 aromatic carbocycles. The second kappa shape index (κ2) is 3.68. The Labute approximate surface area is 88.9 Å². The average molecular weight is 209 g/mol. The van der Waals surface area contributed by atoms with E-state index in [0.29, 0.717) is 6.42 Å². The molecule has 4 heteroatoms. The molecule has 0 aliphatic carbocycles. The zero-order valence-electron chi connectivity index (χ0n) is 8.97. The Balaban J connectivity index is 2.24. The maximum atomic E-state index is 11.7. The number of carbonyl (C=O) groups excluding carboxylic acids is 2. The van der Waals surface area contributed by atoms with Gasteiger partial charge in [-0.3, -0.25) is 9.69 Å². The van der Waals surface area contributed by atoms with Gasteiger partial charge in [-0.2, -0.15) is 0 Å². The second-order valence-electron chi connectivity index (χ2n) is 4.01. The zero-order valence-corrected chi connectivity index (χ0v) is 8.97. The lowest BCUT2D eigenvalue weighted by Gasteiger charge is -2.37. The summed E-state index contributed by atoms with van der Waals surface area (Å²) in [5.41, 5.74) is 0. The van der Waals surface area contributed by atoms with Crippen molar-refractivity contribution in [3.8, 4) is 0 Å². The highest BCUT2D eigenvalue weighted by molar-refractivity contribution is 5.87. The van der Waals surface area contributed by atoms with E-state index in [9.17, 15) is 9.59 Å². The number of ether oxygens (including phenoxy) is 1. The number of fused-ring (bicyclic) bond motifs is 2. The van der Waals surface area contributed by atoms with Gasteiger partial charge >= 0.3 is 6.09 Å². The first kappa shape index (κ1) is 10.2. The van der Waals surface area contributed by atoms with Gasteiger partial charge in [0.1, 0.15) is 5.78 Å². The van der Waals surface area contributed by atoms with E-state index in [-0.39, 0.29) is 29.9 Å². The summed E-state index contributed by atoms with van der Waals surface area (Å²) in [6, 6.07) is -0.175. The van der Waals surface area contributed by atoms with Gasteiger partial charge < -0.3 is 4.74 Å². The summed E-state index contributed by atoms with van der Waals surface area (Å²) >= 11 is 0. The normalized spacial score (nSPS) is 33.3. The number of nitrogens with zero attached hydrogens (tertiary/aromatic N) is 1. The molecule has 1 fully saturated rings. The van der Waals surface area contributed by atoms with Gasteiger partial charge in [0.15, 0.2) is 0 Å². The van der Waals surface area contributed by atoms with Gasteiger partial charge in [-0.25, -0.2) is 4.79 Å². The molecule has 2 aliphatic rings. The fraction of sp³-hybridized carbons (Fsp3) is 0.636. The molecule has 82 valence electrons. The molecule has 3 unspecified atom stereocenters. The number of hydrogen-bond donors (Lipinski definition) is 0. The summed E-state index contributed by atoms with van der Waals surface area (Å²) in [6.07, 6.45) is 4.77. The van der Waals surface area contributed by atoms with Gasteiger partial charge in [-0.15, -0.1) is 0 Å². The van der Waals surface area contributed by atoms with Gasteiger partial charge in [-0.1, -0.05) is 19.1 Å². The van der Waals surface area contributed by atoms with Gasteiger partial charge in [0.25, 0.3) is 0 Å². The van der Waals surface area contributed by atoms with Crippen LogP contribution in [0.4, 0.5) is 4.79 Å². The van der Waals surface area contributed by atoms with Gasteiger partial charge in [-0.05, 0) is 6.42 Å². The highest BCUT2D eigenvalue weighted by Gasteiger charge is 2.45. The second-order valence-corrected chi connectivity index (χ2v) is 4.01. The van der Waals surface area contributed by atoms with E-state index in [0.717, 1.165) is 6.42 Å². The number of amides is 1. The van der Waals surface area contributed by atoms with Crippen LogP contribution in [-0.2, 0) is 9.53 Å². The highest BCUT2D eigenvalue weighted by atomic mass is 16.5. The molecule has 0 saturated carbocycles. The first-order valence-electron chi connectivity index (χ1n) is 5.26. The molecule has 3 atom stereocenters. The van der Waals surface area contributed by atoms with E-state index in [1.165, 1.54) is 7.11 Å². The maximum absolute atomic E-state index is 11.7. The molecule has 2 aliphatic heterocycles. The molecule has 0 radical (unpaired) electrons. The lowest BCUT2D eigenvalue weighted by atomic mass is 9.87. The smallest absolute Gasteiger partial charge is 0.410 e. The molecule has 2 rings (SSSR count). The topological polar surface area (TPSA) is 46.6 Å². The SMILES string of the molecule is CCC1C(=O)CC2C=CC1N2C(=O)OC. The Morgan fingerprint density at radius 2 is 2.33 bits per heavy atom. The van der Waals surface area contributed by atoms with Crippen molar-refractivity contribution >= 4 is 11.9 Å². The zero-order chi connectivity index (χ0) is 11.0. The molecule has 0 N–H and O–H groups in total. The van der Waals surface area contributed by atoms with E-state index in [2.05, 4.69) is 0 Å². The molecule has 1 saturated heterocycles. The van der Waals surface area contributed by atoms with E-state index in [1.54, 1.807) is 4.90 Å². The van der Waals surface area contributed by atoms with Crippen molar-refractivity contribution in [2.75, 3.05) is 7.11 Å². The van der Waals surface area contributed by atoms with Crippen molar-refractivity contribution < 1.29 is 14.3 Å². The van der Waals surface area contributed by atoms with Crippen LogP contribution in [0.1, 0.15) is 19.8 Å². The van der Waals surface area contributed by atoms with Crippen LogP contribution in [0, 0.1) is 5.92 Å². The third kappa shape index (κ3) is 1.44. The molecule has 0 aromatic heterocycles. The molecule has 0 aromatic rings. The quantitative estimate of drug-likeness (QED) is 0.612. The highest BCUT2D eigenvalue weighted by Crippen LogP contribution is 2.34. The van der Waals surface area contributed by atoms with Gasteiger partial charge in [0.05, 0.1) is 19.2 Å². The summed E-state index contributed by atoms with van der Waals surface area (Å²) in [4.78, 5) is 24.9. The molecular formula is C11H15NO3. The number of ketones is 1. The Bertz CT molecular complexity index is 324. The van der Waals surface area contributed by atoms with E-state index in [1.807, 2.05) is 19.1 Å². The van der Waals surface area contributed by atoms with Crippen LogP contribution in [0.3, 0.4) is 0 Å². The molecule has 0 spiro atoms. The van der Waals surface area contributed by atoms with Crippen LogP contribution in [0.5, 0.6) is 0 Å². The van der Waals surface area contributed by atoms with E-state index in [4.69, 9.17) is 4.74 Å². The van der Waals surface area contributed by atoms with E-state index >= 15 is 0 Å². The van der Waals surface area contributed by atoms with Crippen LogP contribution in [0.15, 0.2) is 12.2 Å². The minimum atomic E-state index is -0.332. The van der Waals surface area contributed by atoms with Crippen LogP contribution >= 0.6 is 0 Å². The minimum absolute atomic E-state index is 0.0564. The molecular weight excluding hydrogens is 194 g/mol. The van der Waals surface area contributed by atoms with Crippen LogP contribution < -0.4 is 0 Å².